The number of nitrogens with zero attached hydrogens (tertiary/aromatic N) is 1. The van der Waals surface area contributed by atoms with Crippen LogP contribution in [-0.4, -0.2) is 49.0 Å². The first kappa shape index (κ1) is 14.9. The summed E-state index contributed by atoms with van der Waals surface area (Å²) in [5.74, 6) is 0. The molecule has 0 saturated heterocycles. The zero-order valence-electron chi connectivity index (χ0n) is 10.7. The summed E-state index contributed by atoms with van der Waals surface area (Å²) in [6.07, 6.45) is 3.33. The first-order valence-electron chi connectivity index (χ1n) is 6.06. The van der Waals surface area contributed by atoms with Crippen molar-refractivity contribution in [3.63, 3.8) is 0 Å². The quantitative estimate of drug-likeness (QED) is 0.640. The maximum Gasteiger partial charge on any atom is 0.0558 e. The molecule has 3 nitrogen and oxygen atoms in total. The molecule has 0 aromatic heterocycles. The van der Waals surface area contributed by atoms with Crippen molar-refractivity contribution in [2.24, 2.45) is 0 Å². The molecule has 0 rings (SSSR count). The molecule has 0 aromatic rings. The van der Waals surface area contributed by atoms with Crippen molar-refractivity contribution in [3.05, 3.63) is 0 Å². The fourth-order valence-electron chi connectivity index (χ4n) is 2.09. The van der Waals surface area contributed by atoms with E-state index in [-0.39, 0.29) is 6.61 Å². The van der Waals surface area contributed by atoms with Crippen molar-refractivity contribution in [2.75, 3.05) is 26.9 Å². The Labute approximate surface area is 94.4 Å². The minimum atomic E-state index is 0.244. The molecule has 3 heteroatoms. The first-order valence-corrected chi connectivity index (χ1v) is 6.06. The van der Waals surface area contributed by atoms with Crippen LogP contribution in [0, 0.1) is 0 Å². The second kappa shape index (κ2) is 9.13. The lowest BCUT2D eigenvalue weighted by Gasteiger charge is -2.35. The Morgan fingerprint density at radius 2 is 1.87 bits per heavy atom. The van der Waals surface area contributed by atoms with Crippen LogP contribution in [0.25, 0.3) is 0 Å². The summed E-state index contributed by atoms with van der Waals surface area (Å²) in [5, 5.41) is 9.08. The number of hydrogen-bond donors (Lipinski definition) is 1. The number of methoxy groups -OCH3 is 1. The van der Waals surface area contributed by atoms with Gasteiger partial charge in [0.15, 0.2) is 0 Å². The molecule has 92 valence electrons. The van der Waals surface area contributed by atoms with Gasteiger partial charge in [-0.25, -0.2) is 0 Å². The summed E-state index contributed by atoms with van der Waals surface area (Å²) in [6, 6.07) is 1.08. The Morgan fingerprint density at radius 1 is 1.27 bits per heavy atom. The lowest BCUT2D eigenvalue weighted by molar-refractivity contribution is 0.0807. The van der Waals surface area contributed by atoms with E-state index in [1.807, 2.05) is 0 Å². The van der Waals surface area contributed by atoms with E-state index in [0.29, 0.717) is 12.1 Å². The van der Waals surface area contributed by atoms with E-state index in [9.17, 15) is 0 Å². The molecule has 0 fully saturated rings. The highest BCUT2D eigenvalue weighted by atomic mass is 16.5. The lowest BCUT2D eigenvalue weighted by atomic mass is 10.1. The molecule has 1 unspecified atom stereocenters. The van der Waals surface area contributed by atoms with Crippen molar-refractivity contribution in [1.29, 1.82) is 0 Å². The summed E-state index contributed by atoms with van der Waals surface area (Å²) in [7, 11) is 1.74. The lowest BCUT2D eigenvalue weighted by Crippen LogP contribution is -2.43. The average Bonchev–Trinajstić information content (AvgIpc) is 2.26. The molecule has 0 saturated carbocycles. The van der Waals surface area contributed by atoms with Gasteiger partial charge in [-0.05, 0) is 26.2 Å². The van der Waals surface area contributed by atoms with Crippen LogP contribution in [0.4, 0.5) is 0 Å². The molecule has 0 aliphatic carbocycles. The maximum absolute atomic E-state index is 9.08. The van der Waals surface area contributed by atoms with Gasteiger partial charge in [-0.3, -0.25) is 4.90 Å². The molecule has 0 radical (unpaired) electrons. The second-order valence-electron chi connectivity index (χ2n) is 4.06. The zero-order valence-corrected chi connectivity index (χ0v) is 10.7. The predicted octanol–water partition coefficient (Wildman–Crippen LogP) is 1.89. The molecule has 1 atom stereocenters. The van der Waals surface area contributed by atoms with Gasteiger partial charge in [-0.2, -0.15) is 0 Å². The first-order chi connectivity index (χ1) is 7.21. The van der Waals surface area contributed by atoms with Gasteiger partial charge in [0.05, 0.1) is 6.61 Å². The van der Waals surface area contributed by atoms with Crippen LogP contribution in [0.3, 0.4) is 0 Å². The van der Waals surface area contributed by atoms with Gasteiger partial charge in [0.2, 0.25) is 0 Å². The van der Waals surface area contributed by atoms with Gasteiger partial charge in [-0.15, -0.1) is 0 Å². The normalized spacial score (nSPS) is 13.8. The molecule has 0 aromatic carbocycles. The topological polar surface area (TPSA) is 32.7 Å². The molecule has 0 spiro atoms. The summed E-state index contributed by atoms with van der Waals surface area (Å²) in [6.45, 7) is 8.45. The Hall–Kier alpha value is -0.120. The third-order valence-electron chi connectivity index (χ3n) is 3.08. The van der Waals surface area contributed by atoms with Crippen molar-refractivity contribution >= 4 is 0 Å². The van der Waals surface area contributed by atoms with Crippen LogP contribution in [-0.2, 0) is 4.74 Å². The number of rotatable bonds is 9. The van der Waals surface area contributed by atoms with Gasteiger partial charge >= 0.3 is 0 Å². The highest BCUT2D eigenvalue weighted by Gasteiger charge is 2.19. The highest BCUT2D eigenvalue weighted by molar-refractivity contribution is 4.74. The van der Waals surface area contributed by atoms with Crippen molar-refractivity contribution < 1.29 is 9.84 Å². The number of ether oxygens (including phenoxy) is 1. The monoisotopic (exact) mass is 217 g/mol. The Morgan fingerprint density at radius 3 is 2.27 bits per heavy atom. The molecule has 0 aliphatic rings. The molecular weight excluding hydrogens is 190 g/mol. The average molecular weight is 217 g/mol. The molecule has 0 amide bonds. The maximum atomic E-state index is 9.08. The van der Waals surface area contributed by atoms with Gasteiger partial charge in [0.25, 0.3) is 0 Å². The molecule has 0 bridgehead atoms. The van der Waals surface area contributed by atoms with Crippen LogP contribution in [0.2, 0.25) is 0 Å². The zero-order chi connectivity index (χ0) is 11.7. The van der Waals surface area contributed by atoms with Crippen molar-refractivity contribution in [2.45, 2.75) is 52.1 Å². The van der Waals surface area contributed by atoms with Crippen LogP contribution < -0.4 is 0 Å². The van der Waals surface area contributed by atoms with E-state index >= 15 is 0 Å². The van der Waals surface area contributed by atoms with E-state index in [4.69, 9.17) is 9.84 Å². The SMILES string of the molecule is CCC(CC)N(CCO)C(C)CCOC. The van der Waals surface area contributed by atoms with E-state index in [1.165, 1.54) is 0 Å². The molecule has 1 N–H and O–H groups in total. The Bertz CT molecular complexity index is 138. The minimum absolute atomic E-state index is 0.244. The standard InChI is InChI=1S/C12H27NO2/c1-5-12(6-2)13(8-9-14)11(3)7-10-15-4/h11-12,14H,5-10H2,1-4H3. The van der Waals surface area contributed by atoms with Crippen LogP contribution in [0.15, 0.2) is 0 Å². The van der Waals surface area contributed by atoms with Gasteiger partial charge in [0, 0.05) is 32.3 Å². The van der Waals surface area contributed by atoms with Crippen molar-refractivity contribution in [3.8, 4) is 0 Å². The van der Waals surface area contributed by atoms with E-state index in [2.05, 4.69) is 25.7 Å². The molecule has 0 heterocycles. The smallest absolute Gasteiger partial charge is 0.0558 e. The minimum Gasteiger partial charge on any atom is -0.395 e. The number of aliphatic hydroxyl groups is 1. The number of aliphatic hydroxyl groups excluding tert-OH is 1. The largest absolute Gasteiger partial charge is 0.395 e. The molecule has 15 heavy (non-hydrogen) atoms. The summed E-state index contributed by atoms with van der Waals surface area (Å²) < 4.78 is 5.10. The van der Waals surface area contributed by atoms with E-state index in [0.717, 1.165) is 32.4 Å². The van der Waals surface area contributed by atoms with E-state index < -0.39 is 0 Å². The van der Waals surface area contributed by atoms with Gasteiger partial charge < -0.3 is 9.84 Å². The molecular formula is C12H27NO2. The fraction of sp³-hybridized carbons (Fsp3) is 1.00. The summed E-state index contributed by atoms with van der Waals surface area (Å²) in [4.78, 5) is 2.40. The van der Waals surface area contributed by atoms with Crippen LogP contribution in [0.1, 0.15) is 40.0 Å². The highest BCUT2D eigenvalue weighted by Crippen LogP contribution is 2.14. The Kier molecular flexibility index (Phi) is 9.06. The summed E-state index contributed by atoms with van der Waals surface area (Å²) >= 11 is 0. The molecule has 0 aliphatic heterocycles. The number of hydrogen-bond acceptors (Lipinski definition) is 3. The third kappa shape index (κ3) is 5.50. The second-order valence-corrected chi connectivity index (χ2v) is 4.06. The van der Waals surface area contributed by atoms with Crippen molar-refractivity contribution in [1.82, 2.24) is 4.90 Å². The predicted molar refractivity (Wildman–Crippen MR) is 64.1 cm³/mol. The Balaban J connectivity index is 4.20. The third-order valence-corrected chi connectivity index (χ3v) is 3.08. The van der Waals surface area contributed by atoms with Gasteiger partial charge in [-0.1, -0.05) is 13.8 Å². The van der Waals surface area contributed by atoms with Gasteiger partial charge in [0.1, 0.15) is 0 Å². The summed E-state index contributed by atoms with van der Waals surface area (Å²) in [5.41, 5.74) is 0. The van der Waals surface area contributed by atoms with Crippen LogP contribution >= 0.6 is 0 Å². The van der Waals surface area contributed by atoms with Crippen LogP contribution in [0.5, 0.6) is 0 Å². The fourth-order valence-corrected chi connectivity index (χ4v) is 2.09. The van der Waals surface area contributed by atoms with E-state index in [1.54, 1.807) is 7.11 Å².